The molecule has 31 heavy (non-hydrogen) atoms. The third kappa shape index (κ3) is 6.11. The topological polar surface area (TPSA) is 49.3 Å². The van der Waals surface area contributed by atoms with Crippen molar-refractivity contribution in [3.05, 3.63) is 65.7 Å². The van der Waals surface area contributed by atoms with E-state index in [-0.39, 0.29) is 30.1 Å². The van der Waals surface area contributed by atoms with Gasteiger partial charge in [0.2, 0.25) is 0 Å². The molecule has 7 heteroatoms. The second-order valence-corrected chi connectivity index (χ2v) is 7.91. The van der Waals surface area contributed by atoms with E-state index in [1.807, 2.05) is 19.2 Å². The predicted molar refractivity (Wildman–Crippen MR) is 135 cm³/mol. The number of hydrogen-bond donors (Lipinski definition) is 1. The van der Waals surface area contributed by atoms with E-state index in [4.69, 9.17) is 9.47 Å². The van der Waals surface area contributed by atoms with Crippen molar-refractivity contribution in [1.29, 1.82) is 0 Å². The molecule has 6 nitrogen and oxygen atoms in total. The zero-order valence-corrected chi connectivity index (χ0v) is 20.7. The van der Waals surface area contributed by atoms with Gasteiger partial charge in [0, 0.05) is 39.8 Å². The van der Waals surface area contributed by atoms with Crippen molar-refractivity contribution in [2.24, 2.45) is 4.99 Å². The molecule has 0 radical (unpaired) electrons. The van der Waals surface area contributed by atoms with Crippen molar-refractivity contribution in [3.8, 4) is 5.75 Å². The van der Waals surface area contributed by atoms with Crippen LogP contribution in [-0.2, 0) is 17.7 Å². The highest BCUT2D eigenvalue weighted by Gasteiger charge is 2.41. The van der Waals surface area contributed by atoms with Crippen LogP contribution in [0, 0.1) is 0 Å². The van der Waals surface area contributed by atoms with Crippen LogP contribution < -0.4 is 10.1 Å². The molecule has 168 valence electrons. The van der Waals surface area contributed by atoms with Crippen molar-refractivity contribution in [2.75, 3.05) is 46.9 Å². The molecule has 0 saturated carbocycles. The Bertz CT molecular complexity index is 848. The van der Waals surface area contributed by atoms with Gasteiger partial charge >= 0.3 is 0 Å². The Kier molecular flexibility index (Phi) is 8.98. The second-order valence-electron chi connectivity index (χ2n) is 7.91. The molecule has 2 heterocycles. The van der Waals surface area contributed by atoms with E-state index >= 15 is 0 Å². The number of methoxy groups -OCH3 is 1. The summed E-state index contributed by atoms with van der Waals surface area (Å²) < 4.78 is 11.4. The molecule has 2 aliphatic heterocycles. The van der Waals surface area contributed by atoms with Crippen molar-refractivity contribution in [1.82, 2.24) is 15.1 Å². The number of halogens is 1. The summed E-state index contributed by atoms with van der Waals surface area (Å²) in [4.78, 5) is 9.43. The molecule has 0 spiro atoms. The van der Waals surface area contributed by atoms with E-state index in [0.29, 0.717) is 6.04 Å². The third-order valence-electron chi connectivity index (χ3n) is 5.99. The summed E-state index contributed by atoms with van der Waals surface area (Å²) in [6.07, 6.45) is 1.16. The van der Waals surface area contributed by atoms with Gasteiger partial charge in [-0.3, -0.25) is 9.89 Å². The molecule has 2 unspecified atom stereocenters. The molecule has 1 N–H and O–H groups in total. The number of ether oxygens (including phenoxy) is 2. The Morgan fingerprint density at radius 3 is 2.71 bits per heavy atom. The SMILES string of the molecule is CN=C(NCCc1cccc(OC)c1)N1CC2OCCN(Cc3ccccc3)C2C1.I. The monoisotopic (exact) mass is 536 g/mol. The second kappa shape index (κ2) is 11.7. The van der Waals surface area contributed by atoms with Gasteiger partial charge in [-0.2, -0.15) is 0 Å². The average Bonchev–Trinajstić information content (AvgIpc) is 3.23. The summed E-state index contributed by atoms with van der Waals surface area (Å²) in [5.41, 5.74) is 2.61. The molecule has 4 rings (SSSR count). The zero-order valence-electron chi connectivity index (χ0n) is 18.4. The lowest BCUT2D eigenvalue weighted by atomic mass is 10.1. The fourth-order valence-electron chi connectivity index (χ4n) is 4.42. The minimum absolute atomic E-state index is 0. The van der Waals surface area contributed by atoms with Gasteiger partial charge in [0.1, 0.15) is 5.75 Å². The quantitative estimate of drug-likeness (QED) is 0.350. The van der Waals surface area contributed by atoms with E-state index in [0.717, 1.165) is 57.5 Å². The number of nitrogens with zero attached hydrogens (tertiary/aromatic N) is 3. The lowest BCUT2D eigenvalue weighted by Gasteiger charge is -2.36. The maximum Gasteiger partial charge on any atom is 0.193 e. The first-order valence-electron chi connectivity index (χ1n) is 10.7. The fourth-order valence-corrected chi connectivity index (χ4v) is 4.42. The number of nitrogens with one attached hydrogen (secondary N) is 1. The molecule has 0 aromatic heterocycles. The standard InChI is InChI=1S/C24H32N4O2.HI/c1-25-24(26-12-11-19-9-6-10-21(15-19)29-2)28-17-22-23(18-28)30-14-13-27(22)16-20-7-4-3-5-8-20;/h3-10,15,22-23H,11-14,16-18H2,1-2H3,(H,25,26);1H. The molecule has 0 bridgehead atoms. The molecule has 2 aliphatic rings. The summed E-state index contributed by atoms with van der Waals surface area (Å²) >= 11 is 0. The normalized spacial score (nSPS) is 21.4. The third-order valence-corrected chi connectivity index (χ3v) is 5.99. The highest BCUT2D eigenvalue weighted by atomic mass is 127. The molecule has 2 aromatic rings. The molecule has 2 saturated heterocycles. The molecular weight excluding hydrogens is 503 g/mol. The first-order chi connectivity index (χ1) is 14.8. The Morgan fingerprint density at radius 1 is 1.13 bits per heavy atom. The number of likely N-dealkylation sites (tertiary alicyclic amines) is 1. The van der Waals surface area contributed by atoms with Gasteiger partial charge in [-0.1, -0.05) is 42.5 Å². The van der Waals surface area contributed by atoms with E-state index in [2.05, 4.69) is 62.6 Å². The van der Waals surface area contributed by atoms with Crippen LogP contribution in [0.4, 0.5) is 0 Å². The highest BCUT2D eigenvalue weighted by Crippen LogP contribution is 2.24. The first kappa shape index (κ1) is 23.8. The van der Waals surface area contributed by atoms with Crippen LogP contribution >= 0.6 is 24.0 Å². The molecule has 0 amide bonds. The van der Waals surface area contributed by atoms with E-state index in [1.165, 1.54) is 11.1 Å². The van der Waals surface area contributed by atoms with Crippen LogP contribution in [-0.4, -0.2) is 74.8 Å². The molecular formula is C24H33IN4O2. The largest absolute Gasteiger partial charge is 0.497 e. The smallest absolute Gasteiger partial charge is 0.193 e. The Morgan fingerprint density at radius 2 is 1.94 bits per heavy atom. The van der Waals surface area contributed by atoms with E-state index in [9.17, 15) is 0 Å². The number of aliphatic imine (C=N–C) groups is 1. The van der Waals surface area contributed by atoms with E-state index in [1.54, 1.807) is 7.11 Å². The van der Waals surface area contributed by atoms with Crippen molar-refractivity contribution in [2.45, 2.75) is 25.1 Å². The van der Waals surface area contributed by atoms with Crippen LogP contribution in [0.5, 0.6) is 5.75 Å². The lowest BCUT2D eigenvalue weighted by molar-refractivity contribution is -0.0502. The van der Waals surface area contributed by atoms with Crippen LogP contribution in [0.2, 0.25) is 0 Å². The number of fused-ring (bicyclic) bond motifs is 1. The Hall–Kier alpha value is -1.84. The molecule has 0 aliphatic carbocycles. The Labute approximate surface area is 202 Å². The van der Waals surface area contributed by atoms with Gasteiger partial charge in [-0.05, 0) is 29.7 Å². The summed E-state index contributed by atoms with van der Waals surface area (Å²) in [7, 11) is 3.56. The number of morpholine rings is 1. The van der Waals surface area contributed by atoms with Crippen molar-refractivity contribution < 1.29 is 9.47 Å². The average molecular weight is 536 g/mol. The van der Waals surface area contributed by atoms with Gasteiger partial charge in [-0.25, -0.2) is 0 Å². The maximum absolute atomic E-state index is 6.11. The number of rotatable bonds is 6. The number of guanidine groups is 1. The zero-order chi connectivity index (χ0) is 20.8. The predicted octanol–water partition coefficient (Wildman–Crippen LogP) is 3.02. The summed E-state index contributed by atoms with van der Waals surface area (Å²) in [5, 5.41) is 3.53. The van der Waals surface area contributed by atoms with E-state index < -0.39 is 0 Å². The lowest BCUT2D eigenvalue weighted by Crippen LogP contribution is -2.50. The van der Waals surface area contributed by atoms with Crippen LogP contribution in [0.15, 0.2) is 59.6 Å². The van der Waals surface area contributed by atoms with Gasteiger partial charge in [0.05, 0.1) is 25.9 Å². The Balaban J connectivity index is 0.00000272. The summed E-state index contributed by atoms with van der Waals surface area (Å²) in [6, 6.07) is 19.3. The molecule has 2 atom stereocenters. The van der Waals surface area contributed by atoms with Crippen molar-refractivity contribution in [3.63, 3.8) is 0 Å². The molecule has 2 fully saturated rings. The van der Waals surface area contributed by atoms with Gasteiger partial charge in [0.15, 0.2) is 5.96 Å². The molecule has 2 aromatic carbocycles. The maximum atomic E-state index is 6.11. The number of hydrogen-bond acceptors (Lipinski definition) is 4. The van der Waals surface area contributed by atoms with Crippen LogP contribution in [0.3, 0.4) is 0 Å². The minimum Gasteiger partial charge on any atom is -0.497 e. The van der Waals surface area contributed by atoms with Crippen LogP contribution in [0.1, 0.15) is 11.1 Å². The summed E-state index contributed by atoms with van der Waals surface area (Å²) in [5.74, 6) is 1.85. The van der Waals surface area contributed by atoms with Crippen molar-refractivity contribution >= 4 is 29.9 Å². The fraction of sp³-hybridized carbons (Fsp3) is 0.458. The summed E-state index contributed by atoms with van der Waals surface area (Å²) in [6.45, 7) is 5.40. The highest BCUT2D eigenvalue weighted by molar-refractivity contribution is 14.0. The van der Waals surface area contributed by atoms with Gasteiger partial charge in [0.25, 0.3) is 0 Å². The minimum atomic E-state index is 0. The van der Waals surface area contributed by atoms with Gasteiger partial charge < -0.3 is 19.7 Å². The van der Waals surface area contributed by atoms with Gasteiger partial charge in [-0.15, -0.1) is 24.0 Å². The van der Waals surface area contributed by atoms with Crippen LogP contribution in [0.25, 0.3) is 0 Å². The number of benzene rings is 2. The first-order valence-corrected chi connectivity index (χ1v) is 10.7.